The Hall–Kier alpha value is -1.35. The lowest BCUT2D eigenvalue weighted by atomic mass is 9.65. The van der Waals surface area contributed by atoms with Crippen molar-refractivity contribution in [2.24, 2.45) is 11.3 Å². The van der Waals surface area contributed by atoms with Crippen LogP contribution in [0.2, 0.25) is 0 Å². The van der Waals surface area contributed by atoms with E-state index in [-0.39, 0.29) is 23.4 Å². The molecule has 0 aromatic rings. The summed E-state index contributed by atoms with van der Waals surface area (Å²) in [7, 11) is 0. The van der Waals surface area contributed by atoms with Crippen LogP contribution in [0.3, 0.4) is 0 Å². The third kappa shape index (κ3) is 2.72. The SMILES string of the molecule is C=C1CC(O)CC(C)(C)C1C=CC1=CC(=O)OC1. The number of carbonyl (C=O) groups is 1. The number of cyclic esters (lactones) is 1. The predicted molar refractivity (Wildman–Crippen MR) is 69.8 cm³/mol. The lowest BCUT2D eigenvalue weighted by Crippen LogP contribution is -2.35. The van der Waals surface area contributed by atoms with Gasteiger partial charge in [-0.1, -0.05) is 38.2 Å². The van der Waals surface area contributed by atoms with E-state index in [0.29, 0.717) is 13.0 Å². The molecule has 1 aliphatic carbocycles. The van der Waals surface area contributed by atoms with Crippen LogP contribution in [0.25, 0.3) is 0 Å². The van der Waals surface area contributed by atoms with Crippen LogP contribution < -0.4 is 0 Å². The van der Waals surface area contributed by atoms with E-state index in [1.54, 1.807) is 0 Å². The molecule has 1 fully saturated rings. The van der Waals surface area contributed by atoms with Crippen LogP contribution in [0.5, 0.6) is 0 Å². The first-order valence-electron chi connectivity index (χ1n) is 6.30. The highest BCUT2D eigenvalue weighted by molar-refractivity contribution is 5.85. The summed E-state index contributed by atoms with van der Waals surface area (Å²) < 4.78 is 4.86. The number of aliphatic hydroxyl groups excluding tert-OH is 1. The van der Waals surface area contributed by atoms with Crippen molar-refractivity contribution in [1.82, 2.24) is 0 Å². The average Bonchev–Trinajstić information content (AvgIpc) is 2.61. The molecule has 98 valence electrons. The van der Waals surface area contributed by atoms with Gasteiger partial charge in [0, 0.05) is 12.0 Å². The second-order valence-corrected chi connectivity index (χ2v) is 5.87. The molecule has 0 bridgehead atoms. The first-order valence-corrected chi connectivity index (χ1v) is 6.30. The van der Waals surface area contributed by atoms with Crippen LogP contribution in [0.4, 0.5) is 0 Å². The van der Waals surface area contributed by atoms with Crippen molar-refractivity contribution in [2.45, 2.75) is 32.8 Å². The van der Waals surface area contributed by atoms with Gasteiger partial charge < -0.3 is 9.84 Å². The lowest BCUT2D eigenvalue weighted by molar-refractivity contribution is -0.134. The van der Waals surface area contributed by atoms with E-state index in [1.807, 2.05) is 6.08 Å². The van der Waals surface area contributed by atoms with E-state index in [1.165, 1.54) is 6.08 Å². The first kappa shape index (κ1) is 13.1. The molecule has 0 aromatic heterocycles. The monoisotopic (exact) mass is 248 g/mol. The van der Waals surface area contributed by atoms with Gasteiger partial charge in [0.2, 0.25) is 0 Å². The molecule has 1 heterocycles. The molecule has 0 aromatic carbocycles. The van der Waals surface area contributed by atoms with E-state index in [4.69, 9.17) is 4.74 Å². The van der Waals surface area contributed by atoms with E-state index in [2.05, 4.69) is 26.5 Å². The van der Waals surface area contributed by atoms with Crippen molar-refractivity contribution in [3.8, 4) is 0 Å². The number of esters is 1. The first-order chi connectivity index (χ1) is 8.38. The summed E-state index contributed by atoms with van der Waals surface area (Å²) in [6.07, 6.45) is 6.70. The van der Waals surface area contributed by atoms with E-state index in [0.717, 1.165) is 17.6 Å². The molecular weight excluding hydrogens is 228 g/mol. The largest absolute Gasteiger partial charge is 0.458 e. The molecule has 3 heteroatoms. The van der Waals surface area contributed by atoms with Gasteiger partial charge in [0.25, 0.3) is 0 Å². The summed E-state index contributed by atoms with van der Waals surface area (Å²) >= 11 is 0. The van der Waals surface area contributed by atoms with Crippen molar-refractivity contribution < 1.29 is 14.6 Å². The third-order valence-electron chi connectivity index (χ3n) is 3.73. The van der Waals surface area contributed by atoms with Crippen LogP contribution in [-0.4, -0.2) is 23.8 Å². The topological polar surface area (TPSA) is 46.5 Å². The standard InChI is InChI=1S/C15H20O3/c1-10-6-12(16)8-15(2,3)13(10)5-4-11-7-14(17)18-9-11/h4-5,7,12-13,16H,1,6,8-9H2,2-3H3. The van der Waals surface area contributed by atoms with Crippen LogP contribution >= 0.6 is 0 Å². The van der Waals surface area contributed by atoms with Gasteiger partial charge in [-0.15, -0.1) is 0 Å². The van der Waals surface area contributed by atoms with Gasteiger partial charge in [0.05, 0.1) is 6.10 Å². The molecule has 1 saturated carbocycles. The molecule has 0 radical (unpaired) electrons. The van der Waals surface area contributed by atoms with E-state index < -0.39 is 0 Å². The second-order valence-electron chi connectivity index (χ2n) is 5.87. The van der Waals surface area contributed by atoms with Crippen LogP contribution in [-0.2, 0) is 9.53 Å². The molecule has 1 aliphatic heterocycles. The van der Waals surface area contributed by atoms with Gasteiger partial charge in [-0.2, -0.15) is 0 Å². The number of ether oxygens (including phenoxy) is 1. The number of rotatable bonds is 2. The highest BCUT2D eigenvalue weighted by Gasteiger charge is 2.36. The smallest absolute Gasteiger partial charge is 0.331 e. The fourth-order valence-corrected chi connectivity index (χ4v) is 2.89. The molecule has 18 heavy (non-hydrogen) atoms. The van der Waals surface area contributed by atoms with Gasteiger partial charge >= 0.3 is 5.97 Å². The maximum atomic E-state index is 11.0. The second kappa shape index (κ2) is 4.73. The summed E-state index contributed by atoms with van der Waals surface area (Å²) in [5, 5.41) is 9.79. The molecule has 0 spiro atoms. The van der Waals surface area contributed by atoms with Crippen LogP contribution in [0.15, 0.2) is 36.0 Å². The minimum absolute atomic E-state index is 0.00468. The molecule has 2 atom stereocenters. The summed E-state index contributed by atoms with van der Waals surface area (Å²) in [6.45, 7) is 8.71. The maximum absolute atomic E-state index is 11.0. The Balaban J connectivity index is 2.12. The molecular formula is C15H20O3. The summed E-state index contributed by atoms with van der Waals surface area (Å²) in [5.74, 6) is -0.0377. The van der Waals surface area contributed by atoms with Crippen molar-refractivity contribution in [1.29, 1.82) is 0 Å². The number of carbonyl (C=O) groups excluding carboxylic acids is 1. The van der Waals surface area contributed by atoms with Crippen molar-refractivity contribution >= 4 is 5.97 Å². The van der Waals surface area contributed by atoms with Gasteiger partial charge in [0.1, 0.15) is 6.61 Å². The van der Waals surface area contributed by atoms with Crippen LogP contribution in [0, 0.1) is 11.3 Å². The quantitative estimate of drug-likeness (QED) is 0.603. The summed E-state index contributed by atoms with van der Waals surface area (Å²) in [6, 6.07) is 0. The number of aliphatic hydroxyl groups is 1. The fourth-order valence-electron chi connectivity index (χ4n) is 2.89. The van der Waals surface area contributed by atoms with Gasteiger partial charge in [-0.05, 0) is 23.8 Å². The highest BCUT2D eigenvalue weighted by atomic mass is 16.5. The minimum Gasteiger partial charge on any atom is -0.458 e. The number of hydrogen-bond donors (Lipinski definition) is 1. The predicted octanol–water partition coefficient (Wildman–Crippen LogP) is 2.38. The Kier molecular flexibility index (Phi) is 3.44. The van der Waals surface area contributed by atoms with Gasteiger partial charge in [-0.3, -0.25) is 0 Å². The summed E-state index contributed by atoms with van der Waals surface area (Å²) in [4.78, 5) is 11.0. The molecule has 0 saturated heterocycles. The molecule has 2 unspecified atom stereocenters. The Labute approximate surface area is 108 Å². The zero-order valence-electron chi connectivity index (χ0n) is 11.0. The number of hydrogen-bond acceptors (Lipinski definition) is 3. The third-order valence-corrected chi connectivity index (χ3v) is 3.73. The number of allylic oxidation sites excluding steroid dienone is 1. The zero-order chi connectivity index (χ0) is 13.3. The van der Waals surface area contributed by atoms with E-state index in [9.17, 15) is 9.90 Å². The Morgan fingerprint density at radius 3 is 2.83 bits per heavy atom. The molecule has 2 aliphatic rings. The molecule has 1 N–H and O–H groups in total. The lowest BCUT2D eigenvalue weighted by Gasteiger charge is -2.41. The van der Waals surface area contributed by atoms with Crippen molar-refractivity contribution in [3.63, 3.8) is 0 Å². The van der Waals surface area contributed by atoms with Crippen LogP contribution in [0.1, 0.15) is 26.7 Å². The Morgan fingerprint density at radius 2 is 2.28 bits per heavy atom. The van der Waals surface area contributed by atoms with Gasteiger partial charge in [0.15, 0.2) is 0 Å². The fraction of sp³-hybridized carbons (Fsp3) is 0.533. The average molecular weight is 248 g/mol. The summed E-state index contributed by atoms with van der Waals surface area (Å²) in [5.41, 5.74) is 1.95. The minimum atomic E-state index is -0.284. The van der Waals surface area contributed by atoms with Crippen molar-refractivity contribution in [2.75, 3.05) is 6.61 Å². The molecule has 2 rings (SSSR count). The highest BCUT2D eigenvalue weighted by Crippen LogP contribution is 2.44. The Morgan fingerprint density at radius 1 is 1.56 bits per heavy atom. The van der Waals surface area contributed by atoms with Gasteiger partial charge in [-0.25, -0.2) is 4.79 Å². The van der Waals surface area contributed by atoms with E-state index >= 15 is 0 Å². The zero-order valence-corrected chi connectivity index (χ0v) is 11.0. The molecule has 3 nitrogen and oxygen atoms in total. The molecule has 0 amide bonds. The van der Waals surface area contributed by atoms with Crippen molar-refractivity contribution in [3.05, 3.63) is 36.0 Å². The normalized spacial score (nSPS) is 31.6. The maximum Gasteiger partial charge on any atom is 0.331 e. The Bertz CT molecular complexity index is 429.